The molecule has 0 saturated carbocycles. The predicted molar refractivity (Wildman–Crippen MR) is 99.9 cm³/mol. The lowest BCUT2D eigenvalue weighted by atomic mass is 10.1. The van der Waals surface area contributed by atoms with Crippen molar-refractivity contribution in [3.8, 4) is 0 Å². The molecule has 0 saturated heterocycles. The molecule has 0 radical (unpaired) electrons. The molecule has 10 heteroatoms. The molecule has 3 aromatic rings. The van der Waals surface area contributed by atoms with Gasteiger partial charge >= 0.3 is 0 Å². The van der Waals surface area contributed by atoms with Gasteiger partial charge in [-0.25, -0.2) is 8.78 Å². The highest BCUT2D eigenvalue weighted by molar-refractivity contribution is 5.89. The summed E-state index contributed by atoms with van der Waals surface area (Å²) in [7, 11) is 1.35. The summed E-state index contributed by atoms with van der Waals surface area (Å²) in [6.45, 7) is -0.182. The lowest BCUT2D eigenvalue weighted by Crippen LogP contribution is -2.40. The SMILES string of the molecule is CNC(=O)C(NC(=O)Cn1ccc2cc([N+](=O)[O-])ccc21)c1ccc(F)c(F)c1. The Hall–Kier alpha value is -3.82. The zero-order valence-electron chi connectivity index (χ0n) is 15.2. The molecular weight excluding hydrogens is 386 g/mol. The van der Waals surface area contributed by atoms with E-state index in [-0.39, 0.29) is 17.8 Å². The number of likely N-dealkylation sites (N-methyl/N-ethyl adjacent to an activating group) is 1. The van der Waals surface area contributed by atoms with Crippen molar-refractivity contribution in [2.45, 2.75) is 12.6 Å². The second-order valence-corrected chi connectivity index (χ2v) is 6.23. The minimum absolute atomic E-state index is 0.0716. The Balaban J connectivity index is 1.81. The summed E-state index contributed by atoms with van der Waals surface area (Å²) in [6, 6.07) is 7.57. The van der Waals surface area contributed by atoms with Crippen LogP contribution in [0.25, 0.3) is 10.9 Å². The van der Waals surface area contributed by atoms with E-state index in [1.807, 2.05) is 0 Å². The zero-order valence-corrected chi connectivity index (χ0v) is 15.2. The summed E-state index contributed by atoms with van der Waals surface area (Å²) in [5.41, 5.74) is 0.609. The summed E-state index contributed by atoms with van der Waals surface area (Å²) in [6.07, 6.45) is 1.58. The van der Waals surface area contributed by atoms with Gasteiger partial charge in [-0.3, -0.25) is 19.7 Å². The predicted octanol–water partition coefficient (Wildman–Crippen LogP) is 2.43. The smallest absolute Gasteiger partial charge is 0.270 e. The molecule has 29 heavy (non-hydrogen) atoms. The van der Waals surface area contributed by atoms with Crippen LogP contribution in [0.3, 0.4) is 0 Å². The first-order valence-electron chi connectivity index (χ1n) is 8.49. The average Bonchev–Trinajstić information content (AvgIpc) is 3.09. The molecule has 1 aromatic heterocycles. The number of nitro benzene ring substituents is 1. The van der Waals surface area contributed by atoms with Crippen molar-refractivity contribution in [2.24, 2.45) is 0 Å². The van der Waals surface area contributed by atoms with Crippen molar-refractivity contribution in [2.75, 3.05) is 7.05 Å². The lowest BCUT2D eigenvalue weighted by Gasteiger charge is -2.18. The van der Waals surface area contributed by atoms with Crippen LogP contribution >= 0.6 is 0 Å². The number of benzene rings is 2. The highest BCUT2D eigenvalue weighted by Crippen LogP contribution is 2.22. The largest absolute Gasteiger partial charge is 0.357 e. The molecule has 0 aliphatic heterocycles. The Bertz CT molecular complexity index is 1110. The van der Waals surface area contributed by atoms with Gasteiger partial charge in [0.15, 0.2) is 11.6 Å². The molecule has 0 aliphatic carbocycles. The normalized spacial score (nSPS) is 11.8. The number of amides is 2. The Morgan fingerprint density at radius 1 is 1.14 bits per heavy atom. The van der Waals surface area contributed by atoms with Gasteiger partial charge in [-0.2, -0.15) is 0 Å². The molecule has 1 heterocycles. The monoisotopic (exact) mass is 402 g/mol. The van der Waals surface area contributed by atoms with E-state index in [4.69, 9.17) is 0 Å². The molecule has 2 N–H and O–H groups in total. The Morgan fingerprint density at radius 3 is 2.55 bits per heavy atom. The van der Waals surface area contributed by atoms with Gasteiger partial charge in [-0.1, -0.05) is 6.07 Å². The van der Waals surface area contributed by atoms with Crippen molar-refractivity contribution in [1.29, 1.82) is 0 Å². The maximum absolute atomic E-state index is 13.5. The number of rotatable bonds is 6. The fourth-order valence-corrected chi connectivity index (χ4v) is 2.94. The lowest BCUT2D eigenvalue weighted by molar-refractivity contribution is -0.384. The quantitative estimate of drug-likeness (QED) is 0.488. The molecule has 1 atom stereocenters. The fourth-order valence-electron chi connectivity index (χ4n) is 2.94. The van der Waals surface area contributed by atoms with E-state index < -0.39 is 34.4 Å². The van der Waals surface area contributed by atoms with Crippen LogP contribution in [0.2, 0.25) is 0 Å². The van der Waals surface area contributed by atoms with Crippen molar-refractivity contribution in [3.63, 3.8) is 0 Å². The number of carbonyl (C=O) groups excluding carboxylic acids is 2. The molecule has 2 aromatic carbocycles. The molecular formula is C19H16F2N4O4. The maximum atomic E-state index is 13.5. The molecule has 0 spiro atoms. The molecule has 3 rings (SSSR count). The summed E-state index contributed by atoms with van der Waals surface area (Å²) in [4.78, 5) is 35.0. The molecule has 1 unspecified atom stereocenters. The summed E-state index contributed by atoms with van der Waals surface area (Å²) in [5.74, 6) is -3.36. The fraction of sp³-hybridized carbons (Fsp3) is 0.158. The molecule has 8 nitrogen and oxygen atoms in total. The molecule has 0 bridgehead atoms. The Morgan fingerprint density at radius 2 is 1.90 bits per heavy atom. The average molecular weight is 402 g/mol. The number of carbonyl (C=O) groups is 2. The number of hydrogen-bond donors (Lipinski definition) is 2. The number of nitrogens with zero attached hydrogens (tertiary/aromatic N) is 2. The number of fused-ring (bicyclic) bond motifs is 1. The van der Waals surface area contributed by atoms with Crippen LogP contribution in [0.15, 0.2) is 48.7 Å². The van der Waals surface area contributed by atoms with Gasteiger partial charge in [0.1, 0.15) is 12.6 Å². The van der Waals surface area contributed by atoms with Gasteiger partial charge in [0.05, 0.1) is 4.92 Å². The summed E-state index contributed by atoms with van der Waals surface area (Å²) in [5, 5.41) is 16.3. The summed E-state index contributed by atoms with van der Waals surface area (Å²) < 4.78 is 28.3. The van der Waals surface area contributed by atoms with Crippen molar-refractivity contribution >= 4 is 28.4 Å². The number of aromatic nitrogens is 1. The molecule has 2 amide bonds. The third-order valence-corrected chi connectivity index (χ3v) is 4.37. The highest BCUT2D eigenvalue weighted by atomic mass is 19.2. The van der Waals surface area contributed by atoms with Gasteiger partial charge < -0.3 is 15.2 Å². The number of non-ortho nitro benzene ring substituents is 1. The second kappa shape index (κ2) is 8.05. The van der Waals surface area contributed by atoms with Gasteiger partial charge in [-0.05, 0) is 29.8 Å². The van der Waals surface area contributed by atoms with E-state index in [0.717, 1.165) is 12.1 Å². The van der Waals surface area contributed by atoms with Gasteiger partial charge in [-0.15, -0.1) is 0 Å². The van der Waals surface area contributed by atoms with Crippen molar-refractivity contribution in [1.82, 2.24) is 15.2 Å². The van der Waals surface area contributed by atoms with Gasteiger partial charge in [0.2, 0.25) is 11.8 Å². The van der Waals surface area contributed by atoms with E-state index in [2.05, 4.69) is 10.6 Å². The van der Waals surface area contributed by atoms with Crippen LogP contribution in [0, 0.1) is 21.7 Å². The Labute approximate surface area is 163 Å². The maximum Gasteiger partial charge on any atom is 0.270 e. The second-order valence-electron chi connectivity index (χ2n) is 6.23. The zero-order chi connectivity index (χ0) is 21.1. The molecule has 150 valence electrons. The highest BCUT2D eigenvalue weighted by Gasteiger charge is 2.23. The number of halogens is 2. The minimum Gasteiger partial charge on any atom is -0.357 e. The molecule has 0 aliphatic rings. The minimum atomic E-state index is -1.22. The Kier molecular flexibility index (Phi) is 5.53. The van der Waals surface area contributed by atoms with Crippen LogP contribution in [-0.2, 0) is 16.1 Å². The van der Waals surface area contributed by atoms with Gasteiger partial charge in [0, 0.05) is 36.3 Å². The van der Waals surface area contributed by atoms with Crippen LogP contribution in [0.5, 0.6) is 0 Å². The van der Waals surface area contributed by atoms with Gasteiger partial charge in [0.25, 0.3) is 5.69 Å². The standard InChI is InChI=1S/C19H16F2N4O4/c1-22-19(27)18(12-2-4-14(20)15(21)9-12)23-17(26)10-24-7-6-11-8-13(25(28)29)3-5-16(11)24/h2-9,18H,10H2,1H3,(H,22,27)(H,23,26). The van der Waals surface area contributed by atoms with Crippen LogP contribution < -0.4 is 10.6 Å². The molecule has 0 fully saturated rings. The topological polar surface area (TPSA) is 106 Å². The third kappa shape index (κ3) is 4.21. The first kappa shape index (κ1) is 19.9. The summed E-state index contributed by atoms with van der Waals surface area (Å²) >= 11 is 0. The first-order valence-corrected chi connectivity index (χ1v) is 8.49. The number of hydrogen-bond acceptors (Lipinski definition) is 4. The van der Waals surface area contributed by atoms with Crippen LogP contribution in [-0.4, -0.2) is 28.4 Å². The van der Waals surface area contributed by atoms with E-state index >= 15 is 0 Å². The van der Waals surface area contributed by atoms with E-state index in [1.54, 1.807) is 16.8 Å². The van der Waals surface area contributed by atoms with E-state index in [1.165, 1.54) is 31.3 Å². The first-order chi connectivity index (χ1) is 13.8. The van der Waals surface area contributed by atoms with E-state index in [9.17, 15) is 28.5 Å². The number of nitrogens with one attached hydrogen (secondary N) is 2. The van der Waals surface area contributed by atoms with Crippen LogP contribution in [0.1, 0.15) is 11.6 Å². The van der Waals surface area contributed by atoms with Crippen molar-refractivity contribution < 1.29 is 23.3 Å². The third-order valence-electron chi connectivity index (χ3n) is 4.37. The van der Waals surface area contributed by atoms with E-state index in [0.29, 0.717) is 10.9 Å². The van der Waals surface area contributed by atoms with Crippen molar-refractivity contribution in [3.05, 3.63) is 76.0 Å². The number of nitro groups is 1. The van der Waals surface area contributed by atoms with Crippen LogP contribution in [0.4, 0.5) is 14.5 Å².